The molecule has 0 fully saturated rings. The molecule has 0 aliphatic heterocycles. The summed E-state index contributed by atoms with van der Waals surface area (Å²) >= 11 is 0. The third-order valence-electron chi connectivity index (χ3n) is 0.863. The predicted octanol–water partition coefficient (Wildman–Crippen LogP) is -5.18. The first-order valence-corrected chi connectivity index (χ1v) is 2.32. The van der Waals surface area contributed by atoms with Crippen LogP contribution in [0.5, 0.6) is 0 Å². The molecule has 1 rings (SSSR count). The van der Waals surface area contributed by atoms with Gasteiger partial charge >= 0.3 is 0 Å². The van der Waals surface area contributed by atoms with Crippen LogP contribution in [0, 0.1) is 6.92 Å². The third kappa shape index (κ3) is 4.43. The van der Waals surface area contributed by atoms with Crippen molar-refractivity contribution in [2.24, 2.45) is 0 Å². The van der Waals surface area contributed by atoms with Gasteiger partial charge in [0.25, 0.3) is 0 Å². The molecule has 1 nitrogen and oxygen atoms in total. The summed E-state index contributed by atoms with van der Waals surface area (Å²) in [7, 11) is 0. The van der Waals surface area contributed by atoms with Crippen LogP contribution in [0.1, 0.15) is 5.56 Å². The van der Waals surface area contributed by atoms with Crippen LogP contribution in [-0.4, -0.2) is 0 Å². The van der Waals surface area contributed by atoms with E-state index in [4.69, 9.17) is 0 Å². The summed E-state index contributed by atoms with van der Waals surface area (Å²) in [6.45, 7) is 2.05. The molecule has 0 atom stereocenters. The van der Waals surface area contributed by atoms with Crippen LogP contribution in [0.15, 0.2) is 24.5 Å². The van der Waals surface area contributed by atoms with E-state index in [-0.39, 0.29) is 29.4 Å². The van der Waals surface area contributed by atoms with Gasteiger partial charge in [0.05, 0.1) is 0 Å². The van der Waals surface area contributed by atoms with Gasteiger partial charge < -0.3 is 29.4 Å². The molecule has 0 bridgehead atoms. The lowest BCUT2D eigenvalue weighted by Crippen LogP contribution is -3.00. The smallest absolute Gasteiger partial charge is 0.169 e. The molecule has 0 aliphatic rings. The van der Waals surface area contributed by atoms with Gasteiger partial charge in [-0.05, 0) is 13.0 Å². The Morgan fingerprint density at radius 2 is 2.11 bits per heavy atom. The number of aromatic nitrogens is 1. The van der Waals surface area contributed by atoms with E-state index in [1.807, 2.05) is 18.5 Å². The topological polar surface area (TPSA) is 14.1 Å². The van der Waals surface area contributed by atoms with Crippen molar-refractivity contribution in [2.45, 2.75) is 6.92 Å². The van der Waals surface area contributed by atoms with Gasteiger partial charge in [0.15, 0.2) is 12.4 Å². The van der Waals surface area contributed by atoms with E-state index < -0.39 is 0 Å². The maximum absolute atomic E-state index is 2.96. The van der Waals surface area contributed by atoms with Gasteiger partial charge in [-0.1, -0.05) is 0 Å². The predicted molar refractivity (Wildman–Crippen MR) is 27.7 cm³/mol. The van der Waals surface area contributed by atoms with Crippen LogP contribution in [0.4, 0.5) is 0 Å². The molecule has 3 heteroatoms. The quantitative estimate of drug-likeness (QED) is 0.406. The largest absolute Gasteiger partial charge is 1.00 e. The summed E-state index contributed by atoms with van der Waals surface area (Å²) in [5.41, 5.74) is 1.27. The summed E-state index contributed by atoms with van der Waals surface area (Å²) in [5.74, 6) is 0. The molecule has 1 N–H and O–H groups in total. The molecule has 0 saturated carbocycles. The zero-order chi connectivity index (χ0) is 5.11. The van der Waals surface area contributed by atoms with Crippen LogP contribution in [-0.2, 0) is 0 Å². The Morgan fingerprint density at radius 3 is 2.33 bits per heavy atom. The van der Waals surface area contributed by atoms with Crippen molar-refractivity contribution >= 4 is 0 Å². The second-order valence-electron chi connectivity index (χ2n) is 1.58. The van der Waals surface area contributed by atoms with E-state index in [1.54, 1.807) is 0 Å². The van der Waals surface area contributed by atoms with Gasteiger partial charge in [0.2, 0.25) is 0 Å². The molecule has 1 heterocycles. The zero-order valence-corrected chi connectivity index (χ0v) is 7.41. The number of aromatic amines is 1. The summed E-state index contributed by atoms with van der Waals surface area (Å²) in [5, 5.41) is 0. The standard InChI is InChI=1S/C6H7N.BrH.ClH/c1-6-3-2-4-7-5-6;;/h2-5H,1H3;2*1H/p-1. The Kier molecular flexibility index (Phi) is 7.85. The molecule has 9 heavy (non-hydrogen) atoms. The van der Waals surface area contributed by atoms with Crippen molar-refractivity contribution in [3.05, 3.63) is 30.1 Å². The van der Waals surface area contributed by atoms with E-state index in [9.17, 15) is 0 Å². The zero-order valence-electron chi connectivity index (χ0n) is 5.07. The van der Waals surface area contributed by atoms with E-state index in [1.165, 1.54) is 5.56 Å². The van der Waals surface area contributed by atoms with Crippen molar-refractivity contribution in [3.63, 3.8) is 0 Å². The van der Waals surface area contributed by atoms with Crippen molar-refractivity contribution in [1.82, 2.24) is 0 Å². The Morgan fingerprint density at radius 1 is 1.44 bits per heavy atom. The molecule has 0 saturated heterocycles. The van der Waals surface area contributed by atoms with Crippen LogP contribution >= 0.6 is 0 Å². The third-order valence-corrected chi connectivity index (χ3v) is 0.863. The molecule has 0 unspecified atom stereocenters. The van der Waals surface area contributed by atoms with Crippen LogP contribution < -0.4 is 34.4 Å². The lowest BCUT2D eigenvalue weighted by Gasteiger charge is -1.76. The minimum Gasteiger partial charge on any atom is -1.00 e. The van der Waals surface area contributed by atoms with Crippen molar-refractivity contribution in [1.29, 1.82) is 0 Å². The fourth-order valence-corrected chi connectivity index (χ4v) is 0.483. The highest BCUT2D eigenvalue weighted by Crippen LogP contribution is 1.84. The molecule has 52 valence electrons. The first-order chi connectivity index (χ1) is 3.39. The molecule has 0 aliphatic carbocycles. The molecule has 1 aromatic heterocycles. The van der Waals surface area contributed by atoms with Gasteiger partial charge in [-0.3, -0.25) is 0 Å². The fraction of sp³-hybridized carbons (Fsp3) is 0.167. The Balaban J connectivity index is 0. The van der Waals surface area contributed by atoms with Gasteiger partial charge in [-0.15, -0.1) is 0 Å². The number of halogens is 2. The van der Waals surface area contributed by atoms with Gasteiger partial charge in [-0.25, -0.2) is 4.98 Å². The lowest BCUT2D eigenvalue weighted by molar-refractivity contribution is -0.378. The number of aryl methyl sites for hydroxylation is 1. The highest BCUT2D eigenvalue weighted by atomic mass is 79.9. The molecule has 0 aromatic carbocycles. The monoisotopic (exact) mass is 208 g/mol. The van der Waals surface area contributed by atoms with E-state index in [0.29, 0.717) is 0 Å². The fourth-order valence-electron chi connectivity index (χ4n) is 0.483. The second kappa shape index (κ2) is 6.05. The average molecular weight is 209 g/mol. The summed E-state index contributed by atoms with van der Waals surface area (Å²) < 4.78 is 0. The lowest BCUT2D eigenvalue weighted by atomic mass is 10.3. The Labute approximate surface area is 71.7 Å². The van der Waals surface area contributed by atoms with E-state index in [2.05, 4.69) is 18.0 Å². The first-order valence-electron chi connectivity index (χ1n) is 2.32. The molecule has 0 spiro atoms. The summed E-state index contributed by atoms with van der Waals surface area (Å²) in [4.78, 5) is 2.96. The van der Waals surface area contributed by atoms with E-state index in [0.717, 1.165) is 0 Å². The van der Waals surface area contributed by atoms with Gasteiger partial charge in [0.1, 0.15) is 0 Å². The SMILES string of the molecule is Cc1ccc[nH+]c1.[Br-].[Cl-]. The number of H-pyrrole nitrogens is 1. The minimum absolute atomic E-state index is 0. The van der Waals surface area contributed by atoms with Crippen molar-refractivity contribution in [3.8, 4) is 0 Å². The molecular formula is C6H8BrClN-. The second-order valence-corrected chi connectivity index (χ2v) is 1.58. The highest BCUT2D eigenvalue weighted by Gasteiger charge is 1.79. The highest BCUT2D eigenvalue weighted by molar-refractivity contribution is 5.00. The first kappa shape index (κ1) is 11.7. The minimum atomic E-state index is 0. The summed E-state index contributed by atoms with van der Waals surface area (Å²) in [6.07, 6.45) is 3.85. The van der Waals surface area contributed by atoms with Crippen molar-refractivity contribution < 1.29 is 34.4 Å². The number of hydrogen-bond acceptors (Lipinski definition) is 0. The Bertz CT molecular complexity index is 143. The average Bonchev–Trinajstić information content (AvgIpc) is 1.69. The number of nitrogens with one attached hydrogen (secondary N) is 1. The molecule has 0 radical (unpaired) electrons. The van der Waals surface area contributed by atoms with Crippen LogP contribution in [0.2, 0.25) is 0 Å². The molecule has 0 amide bonds. The van der Waals surface area contributed by atoms with Crippen LogP contribution in [0.3, 0.4) is 0 Å². The number of pyridine rings is 1. The van der Waals surface area contributed by atoms with E-state index >= 15 is 0 Å². The summed E-state index contributed by atoms with van der Waals surface area (Å²) in [6, 6.07) is 4.03. The molecular weight excluding hydrogens is 201 g/mol. The maximum atomic E-state index is 2.96. The number of hydrogen-bond donors (Lipinski definition) is 0. The molecule has 1 aromatic rings. The Hall–Kier alpha value is -0.0800. The van der Waals surface area contributed by atoms with Gasteiger partial charge in [-0.2, -0.15) is 0 Å². The normalized spacial score (nSPS) is 6.78. The van der Waals surface area contributed by atoms with Crippen LogP contribution in [0.25, 0.3) is 0 Å². The maximum Gasteiger partial charge on any atom is 0.169 e. The van der Waals surface area contributed by atoms with Crippen molar-refractivity contribution in [2.75, 3.05) is 0 Å². The number of rotatable bonds is 0. The van der Waals surface area contributed by atoms with Gasteiger partial charge in [0, 0.05) is 11.6 Å².